The predicted molar refractivity (Wildman–Crippen MR) is 70.7 cm³/mol. The van der Waals surface area contributed by atoms with Gasteiger partial charge in [0.1, 0.15) is 0 Å². The second-order valence-electron chi connectivity index (χ2n) is 4.74. The van der Waals surface area contributed by atoms with Gasteiger partial charge in [0.15, 0.2) is 0 Å². The third-order valence-electron chi connectivity index (χ3n) is 3.25. The monoisotopic (exact) mass is 233 g/mol. The highest BCUT2D eigenvalue weighted by molar-refractivity contribution is 5.11. The quantitative estimate of drug-likeness (QED) is 0.845. The first-order valence-corrected chi connectivity index (χ1v) is 6.76. The summed E-state index contributed by atoms with van der Waals surface area (Å²) in [7, 11) is 0. The van der Waals surface area contributed by atoms with Crippen LogP contribution in [0.4, 0.5) is 0 Å². The Bertz CT molecular complexity index is 332. The van der Waals surface area contributed by atoms with Crippen LogP contribution in [0.25, 0.3) is 0 Å². The molecule has 0 spiro atoms. The fraction of sp³-hybridized carbons (Fsp3) is 0.643. The fourth-order valence-corrected chi connectivity index (χ4v) is 2.32. The van der Waals surface area contributed by atoms with E-state index in [1.807, 2.05) is 0 Å². The summed E-state index contributed by atoms with van der Waals surface area (Å²) < 4.78 is 0. The smallest absolute Gasteiger partial charge is 0.0547 e. The van der Waals surface area contributed by atoms with Gasteiger partial charge in [-0.3, -0.25) is 9.88 Å². The fourth-order valence-electron chi connectivity index (χ4n) is 2.32. The number of nitrogens with zero attached hydrogens (tertiary/aromatic N) is 2. The summed E-state index contributed by atoms with van der Waals surface area (Å²) in [5.41, 5.74) is 2.36. The zero-order chi connectivity index (χ0) is 11.9. The van der Waals surface area contributed by atoms with Gasteiger partial charge in [-0.1, -0.05) is 19.4 Å². The maximum atomic E-state index is 4.70. The van der Waals surface area contributed by atoms with E-state index in [9.17, 15) is 0 Å². The van der Waals surface area contributed by atoms with Crippen molar-refractivity contribution in [3.05, 3.63) is 29.6 Å². The van der Waals surface area contributed by atoms with Crippen molar-refractivity contribution in [2.24, 2.45) is 0 Å². The standard InChI is InChI=1S/C14H23N3/c1-2-15-11-13-7-6-8-14(16-13)12-17-9-4-3-5-10-17/h6-8,15H,2-5,9-12H2,1H3. The van der Waals surface area contributed by atoms with E-state index in [1.165, 1.54) is 38.0 Å². The molecule has 1 aliphatic heterocycles. The molecule has 0 atom stereocenters. The summed E-state index contributed by atoms with van der Waals surface area (Å²) in [6.07, 6.45) is 4.08. The summed E-state index contributed by atoms with van der Waals surface area (Å²) in [5, 5.41) is 3.32. The van der Waals surface area contributed by atoms with Crippen LogP contribution in [-0.2, 0) is 13.1 Å². The molecule has 0 unspecified atom stereocenters. The largest absolute Gasteiger partial charge is 0.311 e. The lowest BCUT2D eigenvalue weighted by Crippen LogP contribution is -2.29. The number of rotatable bonds is 5. The molecule has 3 heteroatoms. The molecule has 2 heterocycles. The number of piperidine rings is 1. The van der Waals surface area contributed by atoms with Gasteiger partial charge in [0.2, 0.25) is 0 Å². The topological polar surface area (TPSA) is 28.2 Å². The van der Waals surface area contributed by atoms with E-state index in [4.69, 9.17) is 4.98 Å². The lowest BCUT2D eigenvalue weighted by Gasteiger charge is -2.26. The van der Waals surface area contributed by atoms with Crippen LogP contribution in [-0.4, -0.2) is 29.5 Å². The normalized spacial score (nSPS) is 17.2. The number of aromatic nitrogens is 1. The lowest BCUT2D eigenvalue weighted by atomic mass is 10.1. The summed E-state index contributed by atoms with van der Waals surface area (Å²) in [6.45, 7) is 7.48. The van der Waals surface area contributed by atoms with Crippen LogP contribution < -0.4 is 5.32 Å². The minimum atomic E-state index is 0.879. The molecule has 0 bridgehead atoms. The Hall–Kier alpha value is -0.930. The molecule has 0 radical (unpaired) electrons. The van der Waals surface area contributed by atoms with Crippen molar-refractivity contribution in [2.75, 3.05) is 19.6 Å². The maximum absolute atomic E-state index is 4.70. The minimum absolute atomic E-state index is 0.879. The van der Waals surface area contributed by atoms with E-state index < -0.39 is 0 Å². The third kappa shape index (κ3) is 4.10. The molecule has 1 saturated heterocycles. The van der Waals surface area contributed by atoms with Crippen LogP contribution in [0, 0.1) is 0 Å². The Morgan fingerprint density at radius 1 is 1.18 bits per heavy atom. The number of hydrogen-bond donors (Lipinski definition) is 1. The zero-order valence-corrected chi connectivity index (χ0v) is 10.8. The van der Waals surface area contributed by atoms with Gasteiger partial charge in [-0.25, -0.2) is 0 Å². The highest BCUT2D eigenvalue weighted by atomic mass is 15.1. The SMILES string of the molecule is CCNCc1cccc(CN2CCCCC2)n1. The van der Waals surface area contributed by atoms with Crippen LogP contribution in [0.3, 0.4) is 0 Å². The minimum Gasteiger partial charge on any atom is -0.311 e. The summed E-state index contributed by atoms with van der Waals surface area (Å²) in [4.78, 5) is 7.22. The van der Waals surface area contributed by atoms with Crippen LogP contribution >= 0.6 is 0 Å². The maximum Gasteiger partial charge on any atom is 0.0547 e. The van der Waals surface area contributed by atoms with Gasteiger partial charge in [-0.15, -0.1) is 0 Å². The molecular weight excluding hydrogens is 210 g/mol. The average Bonchev–Trinajstić information content (AvgIpc) is 2.38. The van der Waals surface area contributed by atoms with E-state index in [0.717, 1.165) is 25.3 Å². The molecule has 2 rings (SSSR count). The third-order valence-corrected chi connectivity index (χ3v) is 3.25. The van der Waals surface area contributed by atoms with E-state index in [2.05, 4.69) is 35.3 Å². The van der Waals surface area contributed by atoms with Gasteiger partial charge < -0.3 is 5.32 Å². The first-order chi connectivity index (χ1) is 8.38. The van der Waals surface area contributed by atoms with Crippen LogP contribution in [0.5, 0.6) is 0 Å². The average molecular weight is 233 g/mol. The van der Waals surface area contributed by atoms with Gasteiger partial charge >= 0.3 is 0 Å². The van der Waals surface area contributed by atoms with E-state index in [0.29, 0.717) is 0 Å². The van der Waals surface area contributed by atoms with Crippen molar-refractivity contribution < 1.29 is 0 Å². The number of hydrogen-bond acceptors (Lipinski definition) is 3. The molecule has 0 aromatic carbocycles. The second-order valence-corrected chi connectivity index (χ2v) is 4.74. The van der Waals surface area contributed by atoms with Crippen molar-refractivity contribution in [2.45, 2.75) is 39.3 Å². The van der Waals surface area contributed by atoms with Crippen LogP contribution in [0.2, 0.25) is 0 Å². The van der Waals surface area contributed by atoms with Gasteiger partial charge in [0.25, 0.3) is 0 Å². The van der Waals surface area contributed by atoms with Crippen molar-refractivity contribution >= 4 is 0 Å². The predicted octanol–water partition coefficient (Wildman–Crippen LogP) is 2.18. The van der Waals surface area contributed by atoms with E-state index >= 15 is 0 Å². The molecule has 94 valence electrons. The molecule has 1 aromatic rings. The summed E-state index contributed by atoms with van der Waals surface area (Å²) in [6, 6.07) is 6.37. The van der Waals surface area contributed by atoms with Crippen molar-refractivity contribution in [3.8, 4) is 0 Å². The van der Waals surface area contributed by atoms with Crippen LogP contribution in [0.15, 0.2) is 18.2 Å². The number of pyridine rings is 1. The molecule has 1 N–H and O–H groups in total. The van der Waals surface area contributed by atoms with E-state index in [1.54, 1.807) is 0 Å². The van der Waals surface area contributed by atoms with Gasteiger partial charge in [0.05, 0.1) is 11.4 Å². The Morgan fingerprint density at radius 2 is 1.94 bits per heavy atom. The Kier molecular flexibility index (Phi) is 4.95. The van der Waals surface area contributed by atoms with Crippen LogP contribution in [0.1, 0.15) is 37.6 Å². The highest BCUT2D eigenvalue weighted by Crippen LogP contribution is 2.12. The van der Waals surface area contributed by atoms with Crippen molar-refractivity contribution in [3.63, 3.8) is 0 Å². The summed E-state index contributed by atoms with van der Waals surface area (Å²) in [5.74, 6) is 0. The highest BCUT2D eigenvalue weighted by Gasteiger charge is 2.10. The summed E-state index contributed by atoms with van der Waals surface area (Å²) >= 11 is 0. The molecule has 0 saturated carbocycles. The van der Waals surface area contributed by atoms with Crippen molar-refractivity contribution in [1.82, 2.24) is 15.2 Å². The van der Waals surface area contributed by atoms with E-state index in [-0.39, 0.29) is 0 Å². The molecule has 0 aliphatic carbocycles. The first-order valence-electron chi connectivity index (χ1n) is 6.76. The Labute approximate surface area is 104 Å². The molecular formula is C14H23N3. The molecule has 3 nitrogen and oxygen atoms in total. The second kappa shape index (κ2) is 6.72. The molecule has 1 aromatic heterocycles. The molecule has 17 heavy (non-hydrogen) atoms. The van der Waals surface area contributed by atoms with Gasteiger partial charge in [-0.2, -0.15) is 0 Å². The zero-order valence-electron chi connectivity index (χ0n) is 10.8. The molecule has 0 amide bonds. The Morgan fingerprint density at radius 3 is 2.71 bits per heavy atom. The number of likely N-dealkylation sites (tertiary alicyclic amines) is 1. The van der Waals surface area contributed by atoms with Gasteiger partial charge in [-0.05, 0) is 44.6 Å². The van der Waals surface area contributed by atoms with Crippen molar-refractivity contribution in [1.29, 1.82) is 0 Å². The molecule has 1 aliphatic rings. The Balaban J connectivity index is 1.90. The van der Waals surface area contributed by atoms with Gasteiger partial charge in [0, 0.05) is 13.1 Å². The first kappa shape index (κ1) is 12.5. The lowest BCUT2D eigenvalue weighted by molar-refractivity contribution is 0.218. The number of nitrogens with one attached hydrogen (secondary N) is 1. The molecule has 1 fully saturated rings.